The van der Waals surface area contributed by atoms with Gasteiger partial charge in [-0.2, -0.15) is 0 Å². The number of nitrogens with two attached hydrogens (primary N) is 1. The standard InChI is InChI=1S/C11H15BrN2/c12-10-3-1-9(2-4-10)7-14-8-11(13)5-6-11/h1-4,14H,5-8,13H2. The monoisotopic (exact) mass is 254 g/mol. The summed E-state index contributed by atoms with van der Waals surface area (Å²) in [5.74, 6) is 0. The van der Waals surface area contributed by atoms with Crippen LogP contribution >= 0.6 is 15.9 Å². The molecule has 1 saturated carbocycles. The van der Waals surface area contributed by atoms with Crippen LogP contribution in [0.15, 0.2) is 28.7 Å². The number of hydrogen-bond acceptors (Lipinski definition) is 2. The lowest BCUT2D eigenvalue weighted by Crippen LogP contribution is -2.35. The van der Waals surface area contributed by atoms with Gasteiger partial charge >= 0.3 is 0 Å². The first-order valence-corrected chi connectivity index (χ1v) is 5.71. The Balaban J connectivity index is 1.77. The van der Waals surface area contributed by atoms with Crippen molar-refractivity contribution in [2.45, 2.75) is 24.9 Å². The molecule has 0 amide bonds. The molecule has 0 spiro atoms. The first-order valence-electron chi connectivity index (χ1n) is 4.92. The molecule has 76 valence electrons. The fraction of sp³-hybridized carbons (Fsp3) is 0.455. The summed E-state index contributed by atoms with van der Waals surface area (Å²) in [6.45, 7) is 1.84. The topological polar surface area (TPSA) is 38.0 Å². The van der Waals surface area contributed by atoms with Gasteiger partial charge in [0.1, 0.15) is 0 Å². The van der Waals surface area contributed by atoms with Crippen LogP contribution in [0.5, 0.6) is 0 Å². The molecule has 0 atom stereocenters. The molecule has 0 bridgehead atoms. The Bertz CT molecular complexity index is 304. The van der Waals surface area contributed by atoms with Crippen molar-refractivity contribution in [3.63, 3.8) is 0 Å². The summed E-state index contributed by atoms with van der Waals surface area (Å²) in [7, 11) is 0. The minimum absolute atomic E-state index is 0.107. The van der Waals surface area contributed by atoms with Crippen LogP contribution in [-0.4, -0.2) is 12.1 Å². The maximum absolute atomic E-state index is 5.96. The van der Waals surface area contributed by atoms with Crippen molar-refractivity contribution in [3.05, 3.63) is 34.3 Å². The van der Waals surface area contributed by atoms with Crippen LogP contribution in [0.3, 0.4) is 0 Å². The van der Waals surface area contributed by atoms with Crippen molar-refractivity contribution in [1.82, 2.24) is 5.32 Å². The van der Waals surface area contributed by atoms with E-state index in [9.17, 15) is 0 Å². The normalized spacial score (nSPS) is 18.1. The van der Waals surface area contributed by atoms with Gasteiger partial charge in [-0.15, -0.1) is 0 Å². The van der Waals surface area contributed by atoms with E-state index < -0.39 is 0 Å². The number of rotatable bonds is 4. The average molecular weight is 255 g/mol. The van der Waals surface area contributed by atoms with Gasteiger partial charge in [-0.25, -0.2) is 0 Å². The number of nitrogens with one attached hydrogen (secondary N) is 1. The minimum atomic E-state index is 0.107. The predicted octanol–water partition coefficient (Wildman–Crippen LogP) is 2.03. The molecule has 2 nitrogen and oxygen atoms in total. The van der Waals surface area contributed by atoms with Gasteiger partial charge in [0.25, 0.3) is 0 Å². The van der Waals surface area contributed by atoms with Crippen LogP contribution in [0.4, 0.5) is 0 Å². The molecular formula is C11H15BrN2. The molecule has 0 unspecified atom stereocenters. The summed E-state index contributed by atoms with van der Waals surface area (Å²) in [5.41, 5.74) is 7.37. The number of halogens is 1. The zero-order valence-electron chi connectivity index (χ0n) is 8.09. The van der Waals surface area contributed by atoms with Crippen molar-refractivity contribution in [3.8, 4) is 0 Å². The van der Waals surface area contributed by atoms with Gasteiger partial charge in [0.2, 0.25) is 0 Å². The summed E-state index contributed by atoms with van der Waals surface area (Å²) >= 11 is 3.41. The highest BCUT2D eigenvalue weighted by Gasteiger charge is 2.37. The Morgan fingerprint density at radius 1 is 1.29 bits per heavy atom. The van der Waals surface area contributed by atoms with Crippen molar-refractivity contribution in [2.75, 3.05) is 6.54 Å². The molecule has 14 heavy (non-hydrogen) atoms. The highest BCUT2D eigenvalue weighted by Crippen LogP contribution is 2.31. The van der Waals surface area contributed by atoms with E-state index in [4.69, 9.17) is 5.73 Å². The smallest absolute Gasteiger partial charge is 0.0282 e. The highest BCUT2D eigenvalue weighted by molar-refractivity contribution is 9.10. The van der Waals surface area contributed by atoms with Gasteiger partial charge in [0.15, 0.2) is 0 Å². The predicted molar refractivity (Wildman–Crippen MR) is 62.0 cm³/mol. The molecule has 0 aliphatic heterocycles. The lowest BCUT2D eigenvalue weighted by Gasteiger charge is -2.09. The molecule has 1 fully saturated rings. The second-order valence-corrected chi connectivity index (χ2v) is 5.01. The zero-order chi connectivity index (χ0) is 10.0. The Labute approximate surface area is 93.0 Å². The third-order valence-electron chi connectivity index (χ3n) is 2.61. The molecule has 0 saturated heterocycles. The van der Waals surface area contributed by atoms with Gasteiger partial charge in [-0.05, 0) is 30.5 Å². The van der Waals surface area contributed by atoms with Crippen LogP contribution in [-0.2, 0) is 6.54 Å². The quantitative estimate of drug-likeness (QED) is 0.863. The molecule has 1 aromatic carbocycles. The Morgan fingerprint density at radius 2 is 1.93 bits per heavy atom. The minimum Gasteiger partial charge on any atom is -0.324 e. The summed E-state index contributed by atoms with van der Waals surface area (Å²) in [6, 6.07) is 8.36. The fourth-order valence-electron chi connectivity index (χ4n) is 1.40. The fourth-order valence-corrected chi connectivity index (χ4v) is 1.66. The van der Waals surface area contributed by atoms with Crippen molar-refractivity contribution >= 4 is 15.9 Å². The average Bonchev–Trinajstić information content (AvgIpc) is 2.88. The van der Waals surface area contributed by atoms with Gasteiger partial charge in [-0.3, -0.25) is 0 Å². The van der Waals surface area contributed by atoms with E-state index in [0.29, 0.717) is 0 Å². The van der Waals surface area contributed by atoms with Gasteiger partial charge < -0.3 is 11.1 Å². The second-order valence-electron chi connectivity index (χ2n) is 4.09. The maximum atomic E-state index is 5.96. The van der Waals surface area contributed by atoms with E-state index >= 15 is 0 Å². The van der Waals surface area contributed by atoms with Crippen molar-refractivity contribution in [2.24, 2.45) is 5.73 Å². The first kappa shape index (κ1) is 10.1. The first-order chi connectivity index (χ1) is 6.68. The van der Waals surface area contributed by atoms with E-state index in [1.54, 1.807) is 0 Å². The maximum Gasteiger partial charge on any atom is 0.0282 e. The lowest BCUT2D eigenvalue weighted by molar-refractivity contribution is 0.569. The molecule has 1 aliphatic rings. The van der Waals surface area contributed by atoms with Gasteiger partial charge in [-0.1, -0.05) is 28.1 Å². The Kier molecular flexibility index (Phi) is 2.91. The molecule has 0 aromatic heterocycles. The summed E-state index contributed by atoms with van der Waals surface area (Å²) < 4.78 is 1.12. The molecule has 0 heterocycles. The second kappa shape index (κ2) is 4.01. The third kappa shape index (κ3) is 2.80. The van der Waals surface area contributed by atoms with E-state index in [-0.39, 0.29) is 5.54 Å². The number of benzene rings is 1. The summed E-state index contributed by atoms with van der Waals surface area (Å²) in [6.07, 6.45) is 2.33. The van der Waals surface area contributed by atoms with E-state index in [0.717, 1.165) is 17.6 Å². The van der Waals surface area contributed by atoms with Crippen LogP contribution < -0.4 is 11.1 Å². The van der Waals surface area contributed by atoms with Crippen molar-refractivity contribution in [1.29, 1.82) is 0 Å². The van der Waals surface area contributed by atoms with Crippen LogP contribution in [0.25, 0.3) is 0 Å². The third-order valence-corrected chi connectivity index (χ3v) is 3.14. The summed E-state index contributed by atoms with van der Waals surface area (Å²) in [4.78, 5) is 0. The van der Waals surface area contributed by atoms with E-state index in [1.807, 2.05) is 0 Å². The van der Waals surface area contributed by atoms with Crippen molar-refractivity contribution < 1.29 is 0 Å². The molecule has 0 radical (unpaired) electrons. The summed E-state index contributed by atoms with van der Waals surface area (Å²) in [5, 5.41) is 3.38. The van der Waals surface area contributed by atoms with Crippen LogP contribution in [0.2, 0.25) is 0 Å². The molecular weight excluding hydrogens is 240 g/mol. The largest absolute Gasteiger partial charge is 0.324 e. The van der Waals surface area contributed by atoms with Crippen LogP contribution in [0.1, 0.15) is 18.4 Å². The highest BCUT2D eigenvalue weighted by atomic mass is 79.9. The Hall–Kier alpha value is -0.380. The number of hydrogen-bond donors (Lipinski definition) is 2. The zero-order valence-corrected chi connectivity index (χ0v) is 9.68. The van der Waals surface area contributed by atoms with Gasteiger partial charge in [0.05, 0.1) is 0 Å². The Morgan fingerprint density at radius 3 is 2.50 bits per heavy atom. The molecule has 3 heteroatoms. The lowest BCUT2D eigenvalue weighted by atomic mass is 10.2. The molecule has 2 rings (SSSR count). The van der Waals surface area contributed by atoms with E-state index in [2.05, 4.69) is 45.5 Å². The van der Waals surface area contributed by atoms with E-state index in [1.165, 1.54) is 18.4 Å². The van der Waals surface area contributed by atoms with Gasteiger partial charge in [0, 0.05) is 23.1 Å². The molecule has 3 N–H and O–H groups in total. The van der Waals surface area contributed by atoms with Crippen LogP contribution in [0, 0.1) is 0 Å². The molecule has 1 aliphatic carbocycles. The SMILES string of the molecule is NC1(CNCc2ccc(Br)cc2)CC1. The molecule has 1 aromatic rings.